The van der Waals surface area contributed by atoms with Crippen LogP contribution in [-0.2, 0) is 0 Å². The summed E-state index contributed by atoms with van der Waals surface area (Å²) in [5.74, 6) is 0. The molecule has 0 heterocycles. The Bertz CT molecular complexity index is 165. The van der Waals surface area contributed by atoms with Gasteiger partial charge in [0.05, 0.1) is 6.10 Å². The average molecular weight is 122 g/mol. The molecule has 0 bridgehead atoms. The van der Waals surface area contributed by atoms with Crippen LogP contribution in [0.25, 0.3) is 0 Å². The quantitative estimate of drug-likeness (QED) is 0.557. The van der Waals surface area contributed by atoms with E-state index < -0.39 is 0 Å². The zero-order valence-electron chi connectivity index (χ0n) is 5.25. The van der Waals surface area contributed by atoms with Crippen LogP contribution in [0.5, 0.6) is 0 Å². The molecule has 0 aromatic heterocycles. The summed E-state index contributed by atoms with van der Waals surface area (Å²) in [6.07, 6.45) is 7.84. The Kier molecular flexibility index (Phi) is 1.85. The van der Waals surface area contributed by atoms with Crippen LogP contribution in [0.4, 0.5) is 0 Å². The molecule has 0 fully saturated rings. The van der Waals surface area contributed by atoms with Crippen LogP contribution in [0.2, 0.25) is 0 Å². The van der Waals surface area contributed by atoms with Crippen molar-refractivity contribution >= 4 is 0 Å². The zero-order chi connectivity index (χ0) is 6.69. The van der Waals surface area contributed by atoms with Crippen molar-refractivity contribution in [3.8, 4) is 0 Å². The summed E-state index contributed by atoms with van der Waals surface area (Å²) >= 11 is 0. The molecule has 0 radical (unpaired) electrons. The lowest BCUT2D eigenvalue weighted by Crippen LogP contribution is -2.02. The van der Waals surface area contributed by atoms with Gasteiger partial charge >= 0.3 is 0 Å². The molecule has 1 aliphatic rings. The molecule has 0 saturated heterocycles. The number of allylic oxidation sites excluding steroid dienone is 3. The third-order valence-electron chi connectivity index (χ3n) is 1.34. The highest BCUT2D eigenvalue weighted by Crippen LogP contribution is 2.09. The second-order valence-corrected chi connectivity index (χ2v) is 2.07. The maximum absolute atomic E-state index is 8.96. The molecular formula is C8H10O. The highest BCUT2D eigenvalue weighted by molar-refractivity contribution is 5.32. The van der Waals surface area contributed by atoms with Crippen LogP contribution in [0, 0.1) is 0 Å². The van der Waals surface area contributed by atoms with Crippen molar-refractivity contribution in [3.63, 3.8) is 0 Å². The largest absolute Gasteiger partial charge is 0.389 e. The van der Waals surface area contributed by atoms with E-state index in [1.807, 2.05) is 12.2 Å². The first-order valence-electron chi connectivity index (χ1n) is 3.02. The molecule has 48 valence electrons. The Balaban J connectivity index is 2.62. The topological polar surface area (TPSA) is 20.2 Å². The molecule has 1 heteroatoms. The van der Waals surface area contributed by atoms with E-state index in [0.717, 1.165) is 12.0 Å². The van der Waals surface area contributed by atoms with Gasteiger partial charge in [-0.3, -0.25) is 0 Å². The molecule has 0 saturated carbocycles. The number of aliphatic hydroxyl groups excluding tert-OH is 1. The van der Waals surface area contributed by atoms with Crippen LogP contribution in [0.1, 0.15) is 6.42 Å². The molecule has 0 spiro atoms. The molecule has 0 aromatic carbocycles. The fraction of sp³-hybridized carbons (Fsp3) is 0.250. The number of hydrogen-bond donors (Lipinski definition) is 1. The predicted molar refractivity (Wildman–Crippen MR) is 38.0 cm³/mol. The predicted octanol–water partition coefficient (Wildman–Crippen LogP) is 1.42. The van der Waals surface area contributed by atoms with Crippen molar-refractivity contribution in [1.29, 1.82) is 0 Å². The highest BCUT2D eigenvalue weighted by Gasteiger charge is 2.00. The molecule has 9 heavy (non-hydrogen) atoms. The lowest BCUT2D eigenvalue weighted by Gasteiger charge is -2.06. The molecule has 1 rings (SSSR count). The highest BCUT2D eigenvalue weighted by atomic mass is 16.3. The molecule has 1 unspecified atom stereocenters. The summed E-state index contributed by atoms with van der Waals surface area (Å²) in [6, 6.07) is 0. The Morgan fingerprint density at radius 1 is 1.78 bits per heavy atom. The van der Waals surface area contributed by atoms with Crippen LogP contribution < -0.4 is 0 Å². The van der Waals surface area contributed by atoms with E-state index in [-0.39, 0.29) is 6.10 Å². The van der Waals surface area contributed by atoms with Crippen molar-refractivity contribution in [2.75, 3.05) is 0 Å². The lowest BCUT2D eigenvalue weighted by molar-refractivity contribution is 0.225. The minimum absolute atomic E-state index is 0.284. The number of hydrogen-bond acceptors (Lipinski definition) is 1. The Hall–Kier alpha value is -0.820. The van der Waals surface area contributed by atoms with Crippen LogP contribution in [-0.4, -0.2) is 11.2 Å². The molecule has 0 amide bonds. The van der Waals surface area contributed by atoms with Gasteiger partial charge in [0, 0.05) is 0 Å². The minimum Gasteiger partial charge on any atom is -0.389 e. The first kappa shape index (κ1) is 6.30. The van der Waals surface area contributed by atoms with E-state index in [4.69, 9.17) is 5.11 Å². The van der Waals surface area contributed by atoms with Gasteiger partial charge in [-0.05, 0) is 12.0 Å². The maximum atomic E-state index is 8.96. The third-order valence-corrected chi connectivity index (χ3v) is 1.34. The van der Waals surface area contributed by atoms with Gasteiger partial charge in [-0.1, -0.05) is 30.9 Å². The SMILES string of the molecule is C=CC1=CCC(O)C=C1. The Morgan fingerprint density at radius 2 is 2.56 bits per heavy atom. The van der Waals surface area contributed by atoms with Crippen molar-refractivity contribution in [1.82, 2.24) is 0 Å². The first-order valence-corrected chi connectivity index (χ1v) is 3.02. The third kappa shape index (κ3) is 1.54. The van der Waals surface area contributed by atoms with Gasteiger partial charge in [0.25, 0.3) is 0 Å². The molecule has 1 atom stereocenters. The van der Waals surface area contributed by atoms with Gasteiger partial charge in [-0.25, -0.2) is 0 Å². The van der Waals surface area contributed by atoms with Gasteiger partial charge in [0.15, 0.2) is 0 Å². The van der Waals surface area contributed by atoms with E-state index in [9.17, 15) is 0 Å². The second kappa shape index (κ2) is 2.65. The van der Waals surface area contributed by atoms with Gasteiger partial charge in [0.1, 0.15) is 0 Å². The Morgan fingerprint density at radius 3 is 3.00 bits per heavy atom. The first-order chi connectivity index (χ1) is 4.33. The maximum Gasteiger partial charge on any atom is 0.0758 e. The molecule has 1 aliphatic carbocycles. The van der Waals surface area contributed by atoms with Crippen LogP contribution in [0.3, 0.4) is 0 Å². The van der Waals surface area contributed by atoms with Gasteiger partial charge < -0.3 is 5.11 Å². The summed E-state index contributed by atoms with van der Waals surface area (Å²) in [7, 11) is 0. The molecule has 0 aliphatic heterocycles. The van der Waals surface area contributed by atoms with E-state index in [0.29, 0.717) is 0 Å². The van der Waals surface area contributed by atoms with E-state index in [1.165, 1.54) is 0 Å². The van der Waals surface area contributed by atoms with Crippen LogP contribution in [0.15, 0.2) is 36.5 Å². The molecule has 0 aromatic rings. The molecular weight excluding hydrogens is 112 g/mol. The second-order valence-electron chi connectivity index (χ2n) is 2.07. The summed E-state index contributed by atoms with van der Waals surface area (Å²) < 4.78 is 0. The number of rotatable bonds is 1. The Labute approximate surface area is 55.0 Å². The van der Waals surface area contributed by atoms with E-state index in [2.05, 4.69) is 6.58 Å². The van der Waals surface area contributed by atoms with Gasteiger partial charge in [0.2, 0.25) is 0 Å². The summed E-state index contributed by atoms with van der Waals surface area (Å²) in [4.78, 5) is 0. The average Bonchev–Trinajstić information content (AvgIpc) is 1.90. The van der Waals surface area contributed by atoms with Crippen LogP contribution >= 0.6 is 0 Å². The zero-order valence-corrected chi connectivity index (χ0v) is 5.25. The van der Waals surface area contributed by atoms with E-state index in [1.54, 1.807) is 12.2 Å². The normalized spacial score (nSPS) is 25.4. The molecule has 1 N–H and O–H groups in total. The summed E-state index contributed by atoms with van der Waals surface area (Å²) in [5.41, 5.74) is 1.10. The van der Waals surface area contributed by atoms with Crippen molar-refractivity contribution in [2.24, 2.45) is 0 Å². The number of aliphatic hydroxyl groups is 1. The van der Waals surface area contributed by atoms with Gasteiger partial charge in [-0.2, -0.15) is 0 Å². The van der Waals surface area contributed by atoms with Crippen molar-refractivity contribution in [2.45, 2.75) is 12.5 Å². The smallest absolute Gasteiger partial charge is 0.0758 e. The minimum atomic E-state index is -0.284. The summed E-state index contributed by atoms with van der Waals surface area (Å²) in [5, 5.41) is 8.96. The van der Waals surface area contributed by atoms with Crippen molar-refractivity contribution in [3.05, 3.63) is 36.5 Å². The van der Waals surface area contributed by atoms with Gasteiger partial charge in [-0.15, -0.1) is 0 Å². The van der Waals surface area contributed by atoms with Crippen molar-refractivity contribution < 1.29 is 5.11 Å². The lowest BCUT2D eigenvalue weighted by atomic mass is 10.1. The molecule has 1 nitrogen and oxygen atoms in total. The van der Waals surface area contributed by atoms with E-state index >= 15 is 0 Å². The fourth-order valence-electron chi connectivity index (χ4n) is 0.777. The fourth-order valence-corrected chi connectivity index (χ4v) is 0.777. The summed E-state index contributed by atoms with van der Waals surface area (Å²) in [6.45, 7) is 3.61. The monoisotopic (exact) mass is 122 g/mol. The standard InChI is InChI=1S/C8H10O/c1-2-7-3-5-8(9)6-4-7/h2-5,8-9H,1,6H2.